The number of rotatable bonds is 9. The molecule has 2 atom stereocenters. The van der Waals surface area contributed by atoms with Gasteiger partial charge in [-0.1, -0.05) is 62.7 Å². The Labute approximate surface area is 153 Å². The molecule has 2 rings (SSSR count). The van der Waals surface area contributed by atoms with Crippen molar-refractivity contribution >= 4 is 17.3 Å². The second kappa shape index (κ2) is 9.56. The lowest BCUT2D eigenvalue weighted by molar-refractivity contribution is -0.384. The number of nitro benzene ring substituents is 1. The third kappa shape index (κ3) is 5.05. The van der Waals surface area contributed by atoms with Gasteiger partial charge in [-0.2, -0.15) is 0 Å². The third-order valence-electron chi connectivity index (χ3n) is 4.49. The van der Waals surface area contributed by atoms with Gasteiger partial charge in [-0.05, 0) is 17.5 Å². The van der Waals surface area contributed by atoms with E-state index in [-0.39, 0.29) is 23.4 Å². The van der Waals surface area contributed by atoms with Crippen LogP contribution in [0.4, 0.5) is 11.4 Å². The monoisotopic (exact) mass is 355 g/mol. The number of para-hydroxylation sites is 2. The highest BCUT2D eigenvalue weighted by Gasteiger charge is 2.25. The van der Waals surface area contributed by atoms with Crippen LogP contribution in [0.1, 0.15) is 31.7 Å². The molecule has 0 spiro atoms. The molecule has 0 aliphatic rings. The van der Waals surface area contributed by atoms with E-state index in [1.807, 2.05) is 30.3 Å². The smallest absolute Gasteiger partial charge is 0.292 e. The van der Waals surface area contributed by atoms with Crippen molar-refractivity contribution in [3.05, 3.63) is 70.3 Å². The molecule has 0 aliphatic heterocycles. The highest BCUT2D eigenvalue weighted by molar-refractivity contribution is 5.84. The van der Waals surface area contributed by atoms with Gasteiger partial charge in [-0.25, -0.2) is 0 Å². The zero-order chi connectivity index (χ0) is 18.9. The summed E-state index contributed by atoms with van der Waals surface area (Å²) in [4.78, 5) is 23.3. The predicted molar refractivity (Wildman–Crippen MR) is 103 cm³/mol. The van der Waals surface area contributed by atoms with Crippen LogP contribution in [0, 0.1) is 16.0 Å². The predicted octanol–water partition coefficient (Wildman–Crippen LogP) is 3.95. The van der Waals surface area contributed by atoms with E-state index >= 15 is 0 Å². The van der Waals surface area contributed by atoms with Crippen LogP contribution in [0.15, 0.2) is 54.6 Å². The summed E-state index contributed by atoms with van der Waals surface area (Å²) in [6, 6.07) is 16.2. The summed E-state index contributed by atoms with van der Waals surface area (Å²) in [5, 5.41) is 17.0. The van der Waals surface area contributed by atoms with E-state index in [4.69, 9.17) is 0 Å². The number of nitrogens with one attached hydrogen (secondary N) is 2. The van der Waals surface area contributed by atoms with Crippen LogP contribution >= 0.6 is 0 Å². The highest BCUT2D eigenvalue weighted by atomic mass is 16.6. The van der Waals surface area contributed by atoms with Crippen molar-refractivity contribution in [3.63, 3.8) is 0 Å². The Morgan fingerprint density at radius 2 is 1.73 bits per heavy atom. The maximum Gasteiger partial charge on any atom is 0.292 e. The van der Waals surface area contributed by atoms with Crippen LogP contribution in [0.25, 0.3) is 0 Å². The van der Waals surface area contributed by atoms with Crippen LogP contribution < -0.4 is 10.6 Å². The summed E-state index contributed by atoms with van der Waals surface area (Å²) < 4.78 is 0. The van der Waals surface area contributed by atoms with E-state index in [0.717, 1.165) is 12.0 Å². The molecular formula is C20H25N3O3. The number of carbonyl (C=O) groups is 1. The molecule has 6 nitrogen and oxygen atoms in total. The lowest BCUT2D eigenvalue weighted by atomic mass is 9.85. The Kier molecular flexibility index (Phi) is 7.14. The molecule has 0 radical (unpaired) electrons. The van der Waals surface area contributed by atoms with Crippen molar-refractivity contribution in [3.8, 4) is 0 Å². The summed E-state index contributed by atoms with van der Waals surface area (Å²) in [7, 11) is 0. The first kappa shape index (κ1) is 19.4. The summed E-state index contributed by atoms with van der Waals surface area (Å²) in [6.45, 7) is 4.95. The van der Waals surface area contributed by atoms with Crippen molar-refractivity contribution in [2.75, 3.05) is 18.4 Å². The molecule has 0 saturated heterocycles. The molecular weight excluding hydrogens is 330 g/mol. The topological polar surface area (TPSA) is 84.3 Å². The number of anilines is 1. The molecule has 2 aromatic rings. The molecule has 6 heteroatoms. The third-order valence-corrected chi connectivity index (χ3v) is 4.49. The van der Waals surface area contributed by atoms with Crippen molar-refractivity contribution in [1.29, 1.82) is 0 Å². The summed E-state index contributed by atoms with van der Waals surface area (Å²) >= 11 is 0. The van der Waals surface area contributed by atoms with Gasteiger partial charge < -0.3 is 10.6 Å². The van der Waals surface area contributed by atoms with E-state index in [0.29, 0.717) is 18.8 Å². The first-order valence-corrected chi connectivity index (χ1v) is 8.84. The van der Waals surface area contributed by atoms with Crippen LogP contribution in [0.2, 0.25) is 0 Å². The van der Waals surface area contributed by atoms with E-state index in [1.54, 1.807) is 18.2 Å². The molecule has 0 heterocycles. The number of nitro groups is 1. The molecule has 0 aliphatic carbocycles. The van der Waals surface area contributed by atoms with E-state index in [1.165, 1.54) is 6.07 Å². The fraction of sp³-hybridized carbons (Fsp3) is 0.350. The van der Waals surface area contributed by atoms with Crippen molar-refractivity contribution < 1.29 is 9.72 Å². The molecule has 0 bridgehead atoms. The second-order valence-electron chi connectivity index (χ2n) is 6.27. The summed E-state index contributed by atoms with van der Waals surface area (Å²) in [5.74, 6) is 0.00254. The molecule has 0 saturated carbocycles. The number of amides is 1. The van der Waals surface area contributed by atoms with Gasteiger partial charge >= 0.3 is 0 Å². The molecule has 2 unspecified atom stereocenters. The fourth-order valence-electron chi connectivity index (χ4n) is 2.91. The Balaban J connectivity index is 1.94. The SMILES string of the molecule is CCC(C)C(C(=O)NCCNc1ccccc1[N+](=O)[O-])c1ccccc1. The molecule has 26 heavy (non-hydrogen) atoms. The Bertz CT molecular complexity index is 734. The lowest BCUT2D eigenvalue weighted by Crippen LogP contribution is -2.35. The van der Waals surface area contributed by atoms with Crippen LogP contribution in [-0.2, 0) is 4.79 Å². The minimum atomic E-state index is -0.421. The standard InChI is InChI=1S/C20H25N3O3/c1-3-15(2)19(16-9-5-4-6-10-16)20(24)22-14-13-21-17-11-7-8-12-18(17)23(25)26/h4-12,15,19,21H,3,13-14H2,1-2H3,(H,22,24). The minimum absolute atomic E-state index is 0.0186. The van der Waals surface area contributed by atoms with Gasteiger partial charge in [0, 0.05) is 19.2 Å². The quantitative estimate of drug-likeness (QED) is 0.405. The van der Waals surface area contributed by atoms with Gasteiger partial charge in [0.15, 0.2) is 0 Å². The van der Waals surface area contributed by atoms with Crippen LogP contribution in [0.3, 0.4) is 0 Å². The average molecular weight is 355 g/mol. The average Bonchev–Trinajstić information content (AvgIpc) is 2.66. The molecule has 2 N–H and O–H groups in total. The van der Waals surface area contributed by atoms with E-state index in [9.17, 15) is 14.9 Å². The van der Waals surface area contributed by atoms with Crippen LogP contribution in [-0.4, -0.2) is 23.9 Å². The minimum Gasteiger partial charge on any atom is -0.378 e. The van der Waals surface area contributed by atoms with Gasteiger partial charge in [0.25, 0.3) is 5.69 Å². The highest BCUT2D eigenvalue weighted by Crippen LogP contribution is 2.27. The van der Waals surface area contributed by atoms with Gasteiger partial charge in [-0.15, -0.1) is 0 Å². The Morgan fingerprint density at radius 1 is 1.08 bits per heavy atom. The molecule has 0 fully saturated rings. The zero-order valence-electron chi connectivity index (χ0n) is 15.1. The zero-order valence-corrected chi connectivity index (χ0v) is 15.1. The van der Waals surface area contributed by atoms with Crippen molar-refractivity contribution in [2.24, 2.45) is 5.92 Å². The second-order valence-corrected chi connectivity index (χ2v) is 6.27. The summed E-state index contributed by atoms with van der Waals surface area (Å²) in [6.07, 6.45) is 0.904. The van der Waals surface area contributed by atoms with Crippen molar-refractivity contribution in [1.82, 2.24) is 5.32 Å². The van der Waals surface area contributed by atoms with Crippen molar-refractivity contribution in [2.45, 2.75) is 26.2 Å². The number of nitrogens with zero attached hydrogens (tertiary/aromatic N) is 1. The van der Waals surface area contributed by atoms with E-state index in [2.05, 4.69) is 24.5 Å². The maximum atomic E-state index is 12.7. The Hall–Kier alpha value is -2.89. The number of hydrogen-bond donors (Lipinski definition) is 2. The Morgan fingerprint density at radius 3 is 2.38 bits per heavy atom. The summed E-state index contributed by atoms with van der Waals surface area (Å²) in [5.41, 5.74) is 1.49. The first-order valence-electron chi connectivity index (χ1n) is 8.84. The first-order chi connectivity index (χ1) is 12.5. The maximum absolute atomic E-state index is 12.7. The van der Waals surface area contributed by atoms with Crippen LogP contribution in [0.5, 0.6) is 0 Å². The normalized spacial score (nSPS) is 12.8. The fourth-order valence-corrected chi connectivity index (χ4v) is 2.91. The molecule has 0 aromatic heterocycles. The molecule has 1 amide bonds. The molecule has 138 valence electrons. The number of carbonyl (C=O) groups excluding carboxylic acids is 1. The van der Waals surface area contributed by atoms with Gasteiger partial charge in [0.05, 0.1) is 10.8 Å². The van der Waals surface area contributed by atoms with Gasteiger partial charge in [0.2, 0.25) is 5.91 Å². The lowest BCUT2D eigenvalue weighted by Gasteiger charge is -2.23. The van der Waals surface area contributed by atoms with Gasteiger partial charge in [-0.3, -0.25) is 14.9 Å². The molecule has 2 aromatic carbocycles. The van der Waals surface area contributed by atoms with Gasteiger partial charge in [0.1, 0.15) is 5.69 Å². The largest absolute Gasteiger partial charge is 0.378 e. The number of hydrogen-bond acceptors (Lipinski definition) is 4. The van der Waals surface area contributed by atoms with E-state index < -0.39 is 4.92 Å². The number of benzene rings is 2.